The number of hydrogen-bond donors (Lipinski definition) is 0. The average molecular weight is 241 g/mol. The number of nitrogens with zero attached hydrogens (tertiary/aromatic N) is 2. The van der Waals surface area contributed by atoms with Crippen LogP contribution in [-0.2, 0) is 7.05 Å². The minimum absolute atomic E-state index is 0.0237. The van der Waals surface area contributed by atoms with Crippen molar-refractivity contribution in [3.05, 3.63) is 38.8 Å². The average Bonchev–Trinajstić information content (AvgIpc) is 2.73. The number of rotatable bonds is 2. The molecule has 2 aromatic heterocycles. The molecule has 0 radical (unpaired) electrons. The molecular formula is C10H9ClN2OS. The third-order valence-electron chi connectivity index (χ3n) is 2.13. The number of carbonyl (C=O) groups excluding carboxylic acids is 1. The fraction of sp³-hybridized carbons (Fsp3) is 0.200. The van der Waals surface area contributed by atoms with Crippen LogP contribution in [0.5, 0.6) is 0 Å². The zero-order valence-corrected chi connectivity index (χ0v) is 9.89. The van der Waals surface area contributed by atoms with E-state index in [2.05, 4.69) is 5.10 Å². The highest BCUT2D eigenvalue weighted by molar-refractivity contribution is 7.18. The van der Waals surface area contributed by atoms with E-state index in [1.807, 2.05) is 6.92 Å². The van der Waals surface area contributed by atoms with Crippen molar-refractivity contribution in [1.82, 2.24) is 9.78 Å². The Balaban J connectivity index is 2.45. The summed E-state index contributed by atoms with van der Waals surface area (Å²) < 4.78 is 2.21. The summed E-state index contributed by atoms with van der Waals surface area (Å²) in [4.78, 5) is 12.7. The lowest BCUT2D eigenvalue weighted by atomic mass is 10.2. The molecule has 3 nitrogen and oxygen atoms in total. The third-order valence-corrected chi connectivity index (χ3v) is 3.36. The van der Waals surface area contributed by atoms with Crippen molar-refractivity contribution in [2.24, 2.45) is 7.05 Å². The summed E-state index contributed by atoms with van der Waals surface area (Å²) in [5.41, 5.74) is 1.50. The highest BCUT2D eigenvalue weighted by Gasteiger charge is 2.17. The second-order valence-corrected chi connectivity index (χ2v) is 4.95. The Morgan fingerprint density at radius 2 is 2.27 bits per heavy atom. The van der Waals surface area contributed by atoms with Crippen molar-refractivity contribution in [2.75, 3.05) is 0 Å². The third kappa shape index (κ3) is 1.82. The van der Waals surface area contributed by atoms with Crippen molar-refractivity contribution in [2.45, 2.75) is 6.92 Å². The number of hydrogen-bond acceptors (Lipinski definition) is 3. The lowest BCUT2D eigenvalue weighted by molar-refractivity contribution is 0.103. The van der Waals surface area contributed by atoms with E-state index in [1.54, 1.807) is 30.1 Å². The van der Waals surface area contributed by atoms with Gasteiger partial charge in [0.25, 0.3) is 0 Å². The second kappa shape index (κ2) is 3.79. The maximum absolute atomic E-state index is 12.1. The largest absolute Gasteiger partial charge is 0.286 e. The Labute approximate surface area is 96.3 Å². The molecule has 0 amide bonds. The standard InChI is InChI=1S/C10H9ClN2OS/c1-6-5-12-13(2)9(6)10(14)7-3-4-8(11)15-7/h3-5H,1-2H3. The molecule has 0 fully saturated rings. The molecule has 0 saturated heterocycles. The zero-order chi connectivity index (χ0) is 11.0. The fourth-order valence-electron chi connectivity index (χ4n) is 1.43. The quantitative estimate of drug-likeness (QED) is 0.757. The van der Waals surface area contributed by atoms with Gasteiger partial charge in [0.05, 0.1) is 15.4 Å². The van der Waals surface area contributed by atoms with Crippen molar-refractivity contribution < 1.29 is 4.79 Å². The molecule has 2 aromatic rings. The highest BCUT2D eigenvalue weighted by atomic mass is 35.5. The summed E-state index contributed by atoms with van der Waals surface area (Å²) in [6, 6.07) is 3.47. The monoisotopic (exact) mass is 240 g/mol. The van der Waals surface area contributed by atoms with Crippen molar-refractivity contribution in [1.29, 1.82) is 0 Å². The first-order valence-electron chi connectivity index (χ1n) is 4.38. The number of aryl methyl sites for hydroxylation is 2. The number of thiophene rings is 1. The molecule has 0 bridgehead atoms. The number of carbonyl (C=O) groups is 1. The van der Waals surface area contributed by atoms with Crippen LogP contribution in [-0.4, -0.2) is 15.6 Å². The van der Waals surface area contributed by atoms with Gasteiger partial charge in [0.15, 0.2) is 0 Å². The molecule has 2 rings (SSSR count). The Bertz CT molecular complexity index is 496. The van der Waals surface area contributed by atoms with Crippen LogP contribution in [0.15, 0.2) is 18.3 Å². The van der Waals surface area contributed by atoms with Crippen LogP contribution in [0.3, 0.4) is 0 Å². The molecular weight excluding hydrogens is 232 g/mol. The molecule has 78 valence electrons. The van der Waals surface area contributed by atoms with Crippen LogP contribution >= 0.6 is 22.9 Å². The van der Waals surface area contributed by atoms with Crippen molar-refractivity contribution in [3.63, 3.8) is 0 Å². The molecule has 0 aliphatic rings. The van der Waals surface area contributed by atoms with Gasteiger partial charge in [0.2, 0.25) is 5.78 Å². The Morgan fingerprint density at radius 3 is 2.73 bits per heavy atom. The maximum Gasteiger partial charge on any atom is 0.221 e. The zero-order valence-electron chi connectivity index (χ0n) is 8.32. The van der Waals surface area contributed by atoms with Crippen LogP contribution in [0.1, 0.15) is 20.9 Å². The summed E-state index contributed by atoms with van der Waals surface area (Å²) in [5.74, 6) is -0.0237. The van der Waals surface area contributed by atoms with Crippen molar-refractivity contribution in [3.8, 4) is 0 Å². The molecule has 0 aromatic carbocycles. The van der Waals surface area contributed by atoms with Crippen LogP contribution in [0.4, 0.5) is 0 Å². The Kier molecular flexibility index (Phi) is 2.63. The molecule has 2 heterocycles. The predicted octanol–water partition coefficient (Wildman–Crippen LogP) is 2.67. The smallest absolute Gasteiger partial charge is 0.221 e. The summed E-state index contributed by atoms with van der Waals surface area (Å²) in [6.45, 7) is 1.87. The SMILES string of the molecule is Cc1cnn(C)c1C(=O)c1ccc(Cl)s1. The van der Waals surface area contributed by atoms with E-state index < -0.39 is 0 Å². The highest BCUT2D eigenvalue weighted by Crippen LogP contribution is 2.24. The van der Waals surface area contributed by atoms with Gasteiger partial charge in [0, 0.05) is 7.05 Å². The predicted molar refractivity (Wildman–Crippen MR) is 60.7 cm³/mol. The van der Waals surface area contributed by atoms with E-state index in [1.165, 1.54) is 11.3 Å². The minimum atomic E-state index is -0.0237. The molecule has 5 heteroatoms. The lowest BCUT2D eigenvalue weighted by Gasteiger charge is -1.99. The first-order valence-corrected chi connectivity index (χ1v) is 5.57. The fourth-order valence-corrected chi connectivity index (χ4v) is 2.41. The number of aromatic nitrogens is 2. The van der Waals surface area contributed by atoms with Crippen molar-refractivity contribution >= 4 is 28.7 Å². The van der Waals surface area contributed by atoms with Gasteiger partial charge < -0.3 is 0 Å². The van der Waals surface area contributed by atoms with Gasteiger partial charge in [-0.2, -0.15) is 5.10 Å². The molecule has 0 aliphatic carbocycles. The molecule has 0 saturated carbocycles. The van der Waals surface area contributed by atoms with E-state index in [4.69, 9.17) is 11.6 Å². The minimum Gasteiger partial charge on any atom is -0.286 e. The lowest BCUT2D eigenvalue weighted by Crippen LogP contribution is -2.08. The van der Waals surface area contributed by atoms with Gasteiger partial charge in [-0.3, -0.25) is 9.48 Å². The van der Waals surface area contributed by atoms with Crippen LogP contribution in [0, 0.1) is 6.92 Å². The van der Waals surface area contributed by atoms with Gasteiger partial charge in [0.1, 0.15) is 5.69 Å². The van der Waals surface area contributed by atoms with E-state index in [0.717, 1.165) is 5.56 Å². The van der Waals surface area contributed by atoms with E-state index in [0.29, 0.717) is 14.9 Å². The first-order chi connectivity index (χ1) is 7.09. The number of ketones is 1. The van der Waals surface area contributed by atoms with Crippen LogP contribution < -0.4 is 0 Å². The van der Waals surface area contributed by atoms with Gasteiger partial charge in [-0.05, 0) is 24.6 Å². The van der Waals surface area contributed by atoms with E-state index in [9.17, 15) is 4.79 Å². The Hall–Kier alpha value is -1.13. The van der Waals surface area contributed by atoms with Gasteiger partial charge >= 0.3 is 0 Å². The topological polar surface area (TPSA) is 34.9 Å². The van der Waals surface area contributed by atoms with E-state index >= 15 is 0 Å². The van der Waals surface area contributed by atoms with Gasteiger partial charge in [-0.1, -0.05) is 11.6 Å². The number of halogens is 1. The first kappa shape index (κ1) is 10.4. The van der Waals surface area contributed by atoms with Crippen LogP contribution in [0.2, 0.25) is 4.34 Å². The molecule has 0 atom stereocenters. The summed E-state index contributed by atoms with van der Waals surface area (Å²) >= 11 is 7.08. The normalized spacial score (nSPS) is 10.6. The maximum atomic E-state index is 12.1. The van der Waals surface area contributed by atoms with Gasteiger partial charge in [-0.15, -0.1) is 11.3 Å². The molecule has 0 spiro atoms. The Morgan fingerprint density at radius 1 is 1.53 bits per heavy atom. The van der Waals surface area contributed by atoms with Crippen LogP contribution in [0.25, 0.3) is 0 Å². The molecule has 0 N–H and O–H groups in total. The summed E-state index contributed by atoms with van der Waals surface area (Å²) in [6.07, 6.45) is 1.68. The summed E-state index contributed by atoms with van der Waals surface area (Å²) in [7, 11) is 1.76. The van der Waals surface area contributed by atoms with E-state index in [-0.39, 0.29) is 5.78 Å². The molecule has 0 aliphatic heterocycles. The second-order valence-electron chi connectivity index (χ2n) is 3.23. The molecule has 0 unspecified atom stereocenters. The van der Waals surface area contributed by atoms with Gasteiger partial charge in [-0.25, -0.2) is 0 Å². The molecule has 15 heavy (non-hydrogen) atoms. The summed E-state index contributed by atoms with van der Waals surface area (Å²) in [5, 5.41) is 4.04.